The average molecular weight is 649 g/mol. The number of fused-ring (bicyclic) bond motifs is 1. The van der Waals surface area contributed by atoms with Crippen molar-refractivity contribution < 1.29 is 37.0 Å². The molecule has 242 valence electrons. The number of aromatic hydroxyl groups is 1. The van der Waals surface area contributed by atoms with Crippen molar-refractivity contribution in [3.8, 4) is 5.88 Å². The van der Waals surface area contributed by atoms with Gasteiger partial charge in [-0.25, -0.2) is 4.98 Å². The lowest BCUT2D eigenvalue weighted by Gasteiger charge is -2.26. The molecular formula is C30H36F3N6O5P. The maximum absolute atomic E-state index is 13.9. The van der Waals surface area contributed by atoms with Crippen LogP contribution < -0.4 is 10.6 Å². The first-order valence-corrected chi connectivity index (χ1v) is 16.4. The zero-order chi connectivity index (χ0) is 32.4. The van der Waals surface area contributed by atoms with Crippen molar-refractivity contribution in [2.75, 3.05) is 23.8 Å². The summed E-state index contributed by atoms with van der Waals surface area (Å²) in [6, 6.07) is 6.69. The van der Waals surface area contributed by atoms with Crippen LogP contribution in [0.1, 0.15) is 62.3 Å². The van der Waals surface area contributed by atoms with E-state index in [4.69, 9.17) is 9.05 Å². The minimum Gasteiger partial charge on any atom is -0.494 e. The Kier molecular flexibility index (Phi) is 9.68. The van der Waals surface area contributed by atoms with E-state index in [1.54, 1.807) is 31.5 Å². The first kappa shape index (κ1) is 32.7. The van der Waals surface area contributed by atoms with E-state index in [0.717, 1.165) is 23.8 Å². The van der Waals surface area contributed by atoms with Crippen molar-refractivity contribution in [2.24, 2.45) is 7.05 Å². The third-order valence-electron chi connectivity index (χ3n) is 7.73. The fourth-order valence-electron chi connectivity index (χ4n) is 5.61. The normalized spacial score (nSPS) is 17.5. The quantitative estimate of drug-likeness (QED) is 0.122. The number of nitrogens with one attached hydrogen (secondary N) is 2. The highest BCUT2D eigenvalue weighted by Crippen LogP contribution is 2.51. The number of hydrogen-bond donors (Lipinski definition) is 4. The van der Waals surface area contributed by atoms with Crippen LogP contribution in [0.2, 0.25) is 0 Å². The van der Waals surface area contributed by atoms with Gasteiger partial charge >= 0.3 is 13.8 Å². The number of benzene rings is 1. The van der Waals surface area contributed by atoms with Crippen molar-refractivity contribution in [3.63, 3.8) is 0 Å². The molecule has 0 atom stereocenters. The van der Waals surface area contributed by atoms with E-state index in [9.17, 15) is 27.9 Å². The monoisotopic (exact) mass is 648 g/mol. The van der Waals surface area contributed by atoms with E-state index < -0.39 is 25.2 Å². The van der Waals surface area contributed by atoms with Gasteiger partial charge < -0.3 is 34.5 Å². The second kappa shape index (κ2) is 13.3. The second-order valence-electron chi connectivity index (χ2n) is 10.9. The first-order valence-electron chi connectivity index (χ1n) is 14.7. The summed E-state index contributed by atoms with van der Waals surface area (Å²) >= 11 is 0. The van der Waals surface area contributed by atoms with Gasteiger partial charge in [-0.3, -0.25) is 9.55 Å². The minimum absolute atomic E-state index is 0.0140. The Bertz CT molecular complexity index is 1680. The maximum atomic E-state index is 13.9. The Morgan fingerprint density at radius 1 is 1.02 bits per heavy atom. The predicted octanol–water partition coefficient (Wildman–Crippen LogP) is 7.36. The van der Waals surface area contributed by atoms with E-state index in [-0.39, 0.29) is 48.9 Å². The molecule has 1 fully saturated rings. The van der Waals surface area contributed by atoms with Crippen molar-refractivity contribution in [1.29, 1.82) is 0 Å². The molecule has 4 N–H and O–H groups in total. The van der Waals surface area contributed by atoms with Crippen LogP contribution in [0, 0.1) is 0 Å². The van der Waals surface area contributed by atoms with E-state index in [1.165, 1.54) is 18.3 Å². The number of alkyl halides is 3. The van der Waals surface area contributed by atoms with Crippen LogP contribution in [0.25, 0.3) is 10.8 Å². The molecule has 0 aliphatic heterocycles. The molecule has 3 heterocycles. The maximum Gasteiger partial charge on any atom is 0.421 e. The topological polar surface area (TPSA) is 144 Å². The summed E-state index contributed by atoms with van der Waals surface area (Å²) in [5.41, 5.74) is 0.959. The molecule has 3 aromatic heterocycles. The highest BCUT2D eigenvalue weighted by atomic mass is 31.2. The molecule has 0 radical (unpaired) electrons. The molecule has 0 saturated heterocycles. The van der Waals surface area contributed by atoms with Crippen molar-refractivity contribution in [1.82, 2.24) is 19.5 Å². The number of halogens is 3. The number of hydrogen-bond acceptors (Lipinski definition) is 10. The number of rotatable bonds is 11. The van der Waals surface area contributed by atoms with Gasteiger partial charge in [-0.15, -0.1) is 0 Å². The predicted molar refractivity (Wildman–Crippen MR) is 164 cm³/mol. The van der Waals surface area contributed by atoms with Crippen LogP contribution in [-0.2, 0) is 33.0 Å². The molecule has 11 nitrogen and oxygen atoms in total. The fourth-order valence-corrected chi connectivity index (χ4v) is 7.24. The van der Waals surface area contributed by atoms with Gasteiger partial charge in [0.15, 0.2) is 0 Å². The lowest BCUT2D eigenvalue weighted by Crippen LogP contribution is -2.17. The Balaban J connectivity index is 1.43. The molecule has 15 heteroatoms. The van der Waals surface area contributed by atoms with E-state index >= 15 is 0 Å². The van der Waals surface area contributed by atoms with Crippen molar-refractivity contribution in [2.45, 2.75) is 63.9 Å². The first-order chi connectivity index (χ1) is 21.4. The third kappa shape index (κ3) is 7.41. The Morgan fingerprint density at radius 3 is 2.36 bits per heavy atom. The van der Waals surface area contributed by atoms with Gasteiger partial charge in [-0.2, -0.15) is 18.2 Å². The fraction of sp³-hybridized carbons (Fsp3) is 0.433. The zero-order valence-corrected chi connectivity index (χ0v) is 26.0. The molecule has 1 aromatic carbocycles. The molecular weight excluding hydrogens is 612 g/mol. The van der Waals surface area contributed by atoms with Crippen LogP contribution in [0.3, 0.4) is 0 Å². The summed E-state index contributed by atoms with van der Waals surface area (Å²) in [5, 5.41) is 27.8. The standard InChI is InChI=1S/C30H36F3N6O5P/c1-4-43-45(42,44-5-2)17-20-9-8-19(14-34-20)36-27-24(30(31,32)33)15-35-29(38-27)37-25-13-12-22(18-6-10-21(40)11-7-18)23-16-39(3)28(41)26(23)25/h8-9,12-16,18,21,40-41H,4-7,10-11,17H2,1-3H3,(H2,35,36,37,38). The number of anilines is 4. The second-order valence-corrected chi connectivity index (χ2v) is 13.0. The highest BCUT2D eigenvalue weighted by Gasteiger charge is 2.36. The largest absolute Gasteiger partial charge is 0.494 e. The van der Waals surface area contributed by atoms with Gasteiger partial charge in [-0.1, -0.05) is 6.07 Å². The Morgan fingerprint density at radius 2 is 1.73 bits per heavy atom. The number of aryl methyl sites for hydroxylation is 1. The van der Waals surface area contributed by atoms with Gasteiger partial charge in [0.05, 0.1) is 54.1 Å². The van der Waals surface area contributed by atoms with Gasteiger partial charge in [-0.05, 0) is 69.2 Å². The van der Waals surface area contributed by atoms with Crippen molar-refractivity contribution in [3.05, 3.63) is 59.7 Å². The summed E-state index contributed by atoms with van der Waals surface area (Å²) in [5.74, 6) is -0.438. The number of aromatic nitrogens is 4. The molecule has 0 unspecified atom stereocenters. The van der Waals surface area contributed by atoms with Crippen LogP contribution in [-0.4, -0.2) is 49.0 Å². The molecule has 5 rings (SSSR count). The average Bonchev–Trinajstić information content (AvgIpc) is 3.28. The van der Waals surface area contributed by atoms with Gasteiger partial charge in [0.1, 0.15) is 11.4 Å². The highest BCUT2D eigenvalue weighted by molar-refractivity contribution is 7.53. The molecule has 0 bridgehead atoms. The summed E-state index contributed by atoms with van der Waals surface area (Å²) in [7, 11) is -1.71. The molecule has 0 amide bonds. The molecule has 4 aromatic rings. The van der Waals surface area contributed by atoms with Crippen molar-refractivity contribution >= 4 is 41.5 Å². The zero-order valence-electron chi connectivity index (χ0n) is 25.1. The lowest BCUT2D eigenvalue weighted by molar-refractivity contribution is -0.137. The molecule has 45 heavy (non-hydrogen) atoms. The Labute approximate surface area is 258 Å². The summed E-state index contributed by atoms with van der Waals surface area (Å²) in [6.07, 6.45) is 1.66. The number of aliphatic hydroxyl groups is 1. The SMILES string of the molecule is CCOP(=O)(Cc1ccc(Nc2nc(Nc3ccc(C4CCC(O)CC4)c4cn(C)c(O)c34)ncc2C(F)(F)F)cn1)OCC. The molecule has 1 saturated carbocycles. The van der Waals surface area contributed by atoms with Gasteiger partial charge in [0.25, 0.3) is 0 Å². The van der Waals surface area contributed by atoms with Crippen LogP contribution >= 0.6 is 7.60 Å². The van der Waals surface area contributed by atoms with Gasteiger partial charge in [0.2, 0.25) is 11.8 Å². The molecule has 0 spiro atoms. The Hall–Kier alpha value is -3.71. The number of pyridine rings is 1. The summed E-state index contributed by atoms with van der Waals surface area (Å²) < 4.78 is 66.9. The molecule has 1 aliphatic rings. The van der Waals surface area contributed by atoms with Gasteiger partial charge in [0, 0.05) is 24.8 Å². The third-order valence-corrected chi connectivity index (χ3v) is 9.75. The van der Waals surface area contributed by atoms with Crippen LogP contribution in [0.15, 0.2) is 42.9 Å². The van der Waals surface area contributed by atoms with Crippen LogP contribution in [0.4, 0.5) is 36.3 Å². The number of nitrogens with zero attached hydrogens (tertiary/aromatic N) is 4. The smallest absolute Gasteiger partial charge is 0.421 e. The lowest BCUT2D eigenvalue weighted by atomic mass is 9.81. The van der Waals surface area contributed by atoms with E-state index in [0.29, 0.717) is 35.8 Å². The summed E-state index contributed by atoms with van der Waals surface area (Å²) in [6.45, 7) is 3.76. The van der Waals surface area contributed by atoms with Crippen LogP contribution in [0.5, 0.6) is 5.88 Å². The van der Waals surface area contributed by atoms with E-state index in [2.05, 4.69) is 25.6 Å². The number of aliphatic hydroxyl groups excluding tert-OH is 1. The van der Waals surface area contributed by atoms with E-state index in [1.807, 2.05) is 12.3 Å². The molecule has 1 aliphatic carbocycles. The minimum atomic E-state index is -4.75. The summed E-state index contributed by atoms with van der Waals surface area (Å²) in [4.78, 5) is 12.3.